The number of hydroxylamine groups is 2. The van der Waals surface area contributed by atoms with Crippen molar-refractivity contribution in [2.24, 2.45) is 5.73 Å². The van der Waals surface area contributed by atoms with E-state index < -0.39 is 11.9 Å². The van der Waals surface area contributed by atoms with Crippen LogP contribution >= 0.6 is 0 Å². The summed E-state index contributed by atoms with van der Waals surface area (Å²) in [7, 11) is 0. The van der Waals surface area contributed by atoms with E-state index in [1.807, 2.05) is 27.7 Å². The average molecular weight is 188 g/mol. The van der Waals surface area contributed by atoms with Gasteiger partial charge in [0.2, 0.25) is 0 Å². The number of carbonyl (C=O) groups is 2. The van der Waals surface area contributed by atoms with Gasteiger partial charge < -0.3 is 10.6 Å². The van der Waals surface area contributed by atoms with Gasteiger partial charge in [-0.3, -0.25) is 4.79 Å². The van der Waals surface area contributed by atoms with Crippen LogP contribution in [0.1, 0.15) is 27.7 Å². The zero-order valence-electron chi connectivity index (χ0n) is 8.40. The van der Waals surface area contributed by atoms with Gasteiger partial charge in [0.05, 0.1) is 0 Å². The van der Waals surface area contributed by atoms with Gasteiger partial charge >= 0.3 is 11.9 Å². The van der Waals surface area contributed by atoms with E-state index in [0.29, 0.717) is 0 Å². The van der Waals surface area contributed by atoms with E-state index in [1.165, 1.54) is 5.06 Å². The molecule has 13 heavy (non-hydrogen) atoms. The maximum Gasteiger partial charge on any atom is 0.415 e. The number of primary amides is 1. The van der Waals surface area contributed by atoms with Crippen LogP contribution in [-0.4, -0.2) is 29.0 Å². The molecule has 0 unspecified atom stereocenters. The predicted octanol–water partition coefficient (Wildman–Crippen LogP) is 0.0487. The van der Waals surface area contributed by atoms with Crippen LogP contribution in [0.3, 0.4) is 0 Å². The average Bonchev–Trinajstić information content (AvgIpc) is 1.97. The van der Waals surface area contributed by atoms with Crippen molar-refractivity contribution in [1.29, 1.82) is 0 Å². The van der Waals surface area contributed by atoms with Gasteiger partial charge in [-0.1, -0.05) is 0 Å². The molecular formula is C8H16N2O3. The summed E-state index contributed by atoms with van der Waals surface area (Å²) in [6.07, 6.45) is 0. The Kier molecular flexibility index (Phi) is 4.40. The van der Waals surface area contributed by atoms with E-state index >= 15 is 0 Å². The molecule has 0 saturated heterocycles. The fourth-order valence-corrected chi connectivity index (χ4v) is 0.948. The topological polar surface area (TPSA) is 72.6 Å². The SMILES string of the molecule is CC(C)N(OC(=O)C(N)=O)C(C)C. The van der Waals surface area contributed by atoms with Crippen molar-refractivity contribution in [3.8, 4) is 0 Å². The Labute approximate surface area is 77.8 Å². The van der Waals surface area contributed by atoms with Crippen molar-refractivity contribution in [1.82, 2.24) is 5.06 Å². The number of nitrogens with zero attached hydrogens (tertiary/aromatic N) is 1. The molecule has 0 aromatic heterocycles. The Morgan fingerprint density at radius 1 is 1.15 bits per heavy atom. The number of amides is 1. The van der Waals surface area contributed by atoms with Crippen molar-refractivity contribution < 1.29 is 14.4 Å². The first-order valence-corrected chi connectivity index (χ1v) is 4.16. The van der Waals surface area contributed by atoms with Gasteiger partial charge in [-0.25, -0.2) is 4.79 Å². The highest BCUT2D eigenvalue weighted by atomic mass is 16.7. The molecule has 0 aromatic carbocycles. The Hall–Kier alpha value is -1.10. The largest absolute Gasteiger partial charge is 0.415 e. The number of hydrogen-bond acceptors (Lipinski definition) is 4. The fourth-order valence-electron chi connectivity index (χ4n) is 0.948. The van der Waals surface area contributed by atoms with Gasteiger partial charge in [0.1, 0.15) is 0 Å². The maximum atomic E-state index is 10.8. The maximum absolute atomic E-state index is 10.8. The summed E-state index contributed by atoms with van der Waals surface area (Å²) >= 11 is 0. The molecule has 0 aromatic rings. The zero-order valence-corrected chi connectivity index (χ0v) is 8.40. The summed E-state index contributed by atoms with van der Waals surface area (Å²) < 4.78 is 0. The minimum Gasteiger partial charge on any atom is -0.360 e. The monoisotopic (exact) mass is 188 g/mol. The lowest BCUT2D eigenvalue weighted by molar-refractivity contribution is -0.208. The second kappa shape index (κ2) is 4.81. The van der Waals surface area contributed by atoms with Crippen LogP contribution in [0.4, 0.5) is 0 Å². The number of nitrogens with two attached hydrogens (primary N) is 1. The van der Waals surface area contributed by atoms with Gasteiger partial charge in [0.25, 0.3) is 0 Å². The van der Waals surface area contributed by atoms with Crippen LogP contribution in [0.25, 0.3) is 0 Å². The minimum absolute atomic E-state index is 0.0169. The zero-order chi connectivity index (χ0) is 10.6. The third kappa shape index (κ3) is 3.89. The molecule has 0 rings (SSSR count). The molecule has 0 heterocycles. The van der Waals surface area contributed by atoms with E-state index in [0.717, 1.165) is 0 Å². The molecule has 0 aliphatic rings. The Morgan fingerprint density at radius 3 is 1.77 bits per heavy atom. The van der Waals surface area contributed by atoms with Gasteiger partial charge in [-0.2, -0.15) is 0 Å². The quantitative estimate of drug-likeness (QED) is 0.501. The highest BCUT2D eigenvalue weighted by Crippen LogP contribution is 2.05. The lowest BCUT2D eigenvalue weighted by Gasteiger charge is -2.27. The van der Waals surface area contributed by atoms with Gasteiger partial charge in [0, 0.05) is 12.1 Å². The van der Waals surface area contributed by atoms with Crippen LogP contribution in [0.5, 0.6) is 0 Å². The Morgan fingerprint density at radius 2 is 1.54 bits per heavy atom. The summed E-state index contributed by atoms with van der Waals surface area (Å²) in [5, 5.41) is 1.42. The van der Waals surface area contributed by atoms with Crippen molar-refractivity contribution in [3.05, 3.63) is 0 Å². The molecule has 0 aliphatic carbocycles. The van der Waals surface area contributed by atoms with Gasteiger partial charge in [0.15, 0.2) is 0 Å². The third-order valence-corrected chi connectivity index (χ3v) is 1.41. The van der Waals surface area contributed by atoms with E-state index in [2.05, 4.69) is 0 Å². The molecule has 0 saturated carbocycles. The van der Waals surface area contributed by atoms with Crippen LogP contribution in [0, 0.1) is 0 Å². The second-order valence-electron chi connectivity index (χ2n) is 3.29. The Balaban J connectivity index is 4.27. The molecule has 0 bridgehead atoms. The molecule has 5 heteroatoms. The van der Waals surface area contributed by atoms with Crippen molar-refractivity contribution in [2.75, 3.05) is 0 Å². The highest BCUT2D eigenvalue weighted by Gasteiger charge is 2.21. The van der Waals surface area contributed by atoms with Crippen molar-refractivity contribution >= 4 is 11.9 Å². The van der Waals surface area contributed by atoms with Crippen molar-refractivity contribution in [3.63, 3.8) is 0 Å². The van der Waals surface area contributed by atoms with E-state index in [-0.39, 0.29) is 12.1 Å². The molecule has 0 spiro atoms. The number of rotatable bonds is 3. The van der Waals surface area contributed by atoms with E-state index in [9.17, 15) is 9.59 Å². The van der Waals surface area contributed by atoms with Crippen LogP contribution < -0.4 is 5.73 Å². The molecule has 2 N–H and O–H groups in total. The molecular weight excluding hydrogens is 172 g/mol. The summed E-state index contributed by atoms with van der Waals surface area (Å²) in [5.74, 6) is -2.10. The van der Waals surface area contributed by atoms with Crippen LogP contribution in [0.15, 0.2) is 0 Å². The third-order valence-electron chi connectivity index (χ3n) is 1.41. The molecule has 76 valence electrons. The van der Waals surface area contributed by atoms with Crippen molar-refractivity contribution in [2.45, 2.75) is 39.8 Å². The van der Waals surface area contributed by atoms with E-state index in [4.69, 9.17) is 10.6 Å². The van der Waals surface area contributed by atoms with Crippen LogP contribution in [-0.2, 0) is 14.4 Å². The summed E-state index contributed by atoms with van der Waals surface area (Å²) in [6.45, 7) is 7.42. The normalized spacial score (nSPS) is 11.0. The number of carbonyl (C=O) groups excluding carboxylic acids is 2. The Bertz CT molecular complexity index is 194. The van der Waals surface area contributed by atoms with Gasteiger partial charge in [-0.05, 0) is 27.7 Å². The lowest BCUT2D eigenvalue weighted by Crippen LogP contribution is -2.42. The first-order chi connectivity index (χ1) is 5.86. The summed E-state index contributed by atoms with van der Waals surface area (Å²) in [4.78, 5) is 26.0. The second-order valence-corrected chi connectivity index (χ2v) is 3.29. The van der Waals surface area contributed by atoms with Gasteiger partial charge in [-0.15, -0.1) is 5.06 Å². The first-order valence-electron chi connectivity index (χ1n) is 4.16. The molecule has 0 fully saturated rings. The lowest BCUT2D eigenvalue weighted by atomic mass is 10.3. The summed E-state index contributed by atoms with van der Waals surface area (Å²) in [6, 6.07) is 0.0339. The first kappa shape index (κ1) is 11.9. The molecule has 0 aliphatic heterocycles. The predicted molar refractivity (Wildman–Crippen MR) is 47.4 cm³/mol. The summed E-state index contributed by atoms with van der Waals surface area (Å²) in [5.41, 5.74) is 4.74. The molecule has 0 radical (unpaired) electrons. The fraction of sp³-hybridized carbons (Fsp3) is 0.750. The molecule has 1 amide bonds. The smallest absolute Gasteiger partial charge is 0.360 e. The van der Waals surface area contributed by atoms with E-state index in [1.54, 1.807) is 0 Å². The number of hydrogen-bond donors (Lipinski definition) is 1. The highest BCUT2D eigenvalue weighted by molar-refractivity contribution is 6.31. The molecule has 5 nitrogen and oxygen atoms in total. The minimum atomic E-state index is -1.08. The standard InChI is InChI=1S/C8H16N2O3/c1-5(2)10(6(3)4)13-8(12)7(9)11/h5-6H,1-4H3,(H2,9,11). The van der Waals surface area contributed by atoms with Crippen LogP contribution in [0.2, 0.25) is 0 Å². The molecule has 0 atom stereocenters.